The first-order valence-corrected chi connectivity index (χ1v) is 2.75. The van der Waals surface area contributed by atoms with Gasteiger partial charge in [0.05, 0.1) is 6.61 Å². The van der Waals surface area contributed by atoms with Gasteiger partial charge in [-0.1, -0.05) is 0 Å². The number of carbonyl (C=O) groups is 1. The van der Waals surface area contributed by atoms with Crippen molar-refractivity contribution in [2.45, 2.75) is 12.1 Å². The fraction of sp³-hybridized carbons (Fsp3) is 0.800. The van der Waals surface area contributed by atoms with Crippen molar-refractivity contribution in [1.29, 1.82) is 0 Å². The first-order valence-electron chi connectivity index (χ1n) is 2.75. The van der Waals surface area contributed by atoms with Gasteiger partial charge >= 0.3 is 5.97 Å². The lowest BCUT2D eigenvalue weighted by atomic mass is 10.2. The average Bonchev–Trinajstić information content (AvgIpc) is 1.87. The summed E-state index contributed by atoms with van der Waals surface area (Å²) in [5.74, 6) is -1.23. The van der Waals surface area contributed by atoms with E-state index in [1.54, 1.807) is 0 Å². The lowest BCUT2D eigenvalue weighted by Crippen LogP contribution is -2.44. The van der Waals surface area contributed by atoms with Gasteiger partial charge in [-0.05, 0) is 0 Å². The molecule has 0 heterocycles. The van der Waals surface area contributed by atoms with E-state index in [2.05, 4.69) is 4.74 Å². The zero-order valence-corrected chi connectivity index (χ0v) is 5.65. The molecule has 0 fully saturated rings. The number of aliphatic carboxylic acids is 1. The van der Waals surface area contributed by atoms with E-state index >= 15 is 0 Å². The molecule has 4 N–H and O–H groups in total. The Bertz CT molecular complexity index is 116. The molecule has 5 heteroatoms. The lowest BCUT2D eigenvalue weighted by molar-refractivity contribution is -0.142. The third kappa shape index (κ3) is 2.77. The van der Waals surface area contributed by atoms with Crippen LogP contribution in [0.4, 0.5) is 0 Å². The summed E-state index contributed by atoms with van der Waals surface area (Å²) in [7, 11) is 1.36. The van der Waals surface area contributed by atoms with E-state index in [9.17, 15) is 4.79 Å². The molecule has 0 saturated carbocycles. The van der Waals surface area contributed by atoms with Crippen molar-refractivity contribution in [2.75, 3.05) is 13.7 Å². The van der Waals surface area contributed by atoms with Crippen LogP contribution in [0.15, 0.2) is 0 Å². The number of carboxylic acid groups (broad SMARTS) is 1. The monoisotopic (exact) mass is 149 g/mol. The first-order chi connectivity index (χ1) is 4.59. The third-order valence-corrected chi connectivity index (χ3v) is 1.04. The molecule has 0 aliphatic rings. The summed E-state index contributed by atoms with van der Waals surface area (Å²) in [5.41, 5.74) is 5.02. The highest BCUT2D eigenvalue weighted by molar-refractivity contribution is 5.73. The van der Waals surface area contributed by atoms with Crippen LogP contribution in [0.25, 0.3) is 0 Å². The molecule has 0 aromatic rings. The van der Waals surface area contributed by atoms with Crippen LogP contribution in [0.2, 0.25) is 0 Å². The number of aliphatic hydroxyl groups excluding tert-OH is 1. The van der Waals surface area contributed by atoms with Crippen molar-refractivity contribution in [3.05, 3.63) is 0 Å². The summed E-state index contributed by atoms with van der Waals surface area (Å²) >= 11 is 0. The second kappa shape index (κ2) is 4.21. The van der Waals surface area contributed by atoms with E-state index in [0.29, 0.717) is 0 Å². The normalized spacial score (nSPS) is 16.3. The Kier molecular flexibility index (Phi) is 3.94. The number of nitrogens with two attached hydrogens (primary N) is 1. The molecular formula is C5H11NO4. The molecule has 0 radical (unpaired) electrons. The second-order valence-electron chi connectivity index (χ2n) is 1.89. The van der Waals surface area contributed by atoms with Crippen LogP contribution in [-0.4, -0.2) is 42.0 Å². The molecule has 0 bridgehead atoms. The summed E-state index contributed by atoms with van der Waals surface area (Å²) < 4.78 is 4.48. The molecule has 0 spiro atoms. The van der Waals surface area contributed by atoms with Crippen molar-refractivity contribution in [1.82, 2.24) is 0 Å². The van der Waals surface area contributed by atoms with E-state index in [-0.39, 0.29) is 6.61 Å². The van der Waals surface area contributed by atoms with Crippen LogP contribution in [0.3, 0.4) is 0 Å². The largest absolute Gasteiger partial charge is 0.480 e. The maximum absolute atomic E-state index is 10.1. The number of hydrogen-bond donors (Lipinski definition) is 3. The topological polar surface area (TPSA) is 92.8 Å². The highest BCUT2D eigenvalue weighted by Gasteiger charge is 2.20. The molecule has 5 nitrogen and oxygen atoms in total. The predicted octanol–water partition coefficient (Wildman–Crippen LogP) is -1.59. The third-order valence-electron chi connectivity index (χ3n) is 1.04. The van der Waals surface area contributed by atoms with Crippen LogP contribution in [-0.2, 0) is 9.53 Å². The van der Waals surface area contributed by atoms with Gasteiger partial charge in [0, 0.05) is 7.11 Å². The van der Waals surface area contributed by atoms with E-state index < -0.39 is 18.1 Å². The predicted molar refractivity (Wildman–Crippen MR) is 33.5 cm³/mol. The average molecular weight is 149 g/mol. The number of rotatable bonds is 4. The Hall–Kier alpha value is -0.650. The fourth-order valence-electron chi connectivity index (χ4n) is 0.439. The van der Waals surface area contributed by atoms with Gasteiger partial charge in [-0.15, -0.1) is 0 Å². The van der Waals surface area contributed by atoms with E-state index in [1.165, 1.54) is 7.11 Å². The Morgan fingerprint density at radius 3 is 2.60 bits per heavy atom. The molecule has 0 saturated heterocycles. The molecule has 2 atom stereocenters. The second-order valence-corrected chi connectivity index (χ2v) is 1.89. The van der Waals surface area contributed by atoms with Gasteiger partial charge < -0.3 is 20.7 Å². The first kappa shape index (κ1) is 9.35. The zero-order chi connectivity index (χ0) is 8.15. The minimum Gasteiger partial charge on any atom is -0.480 e. The number of hydrogen-bond acceptors (Lipinski definition) is 4. The zero-order valence-electron chi connectivity index (χ0n) is 5.65. The highest BCUT2D eigenvalue weighted by atomic mass is 16.5. The molecule has 10 heavy (non-hydrogen) atoms. The lowest BCUT2D eigenvalue weighted by Gasteiger charge is -2.12. The van der Waals surface area contributed by atoms with Crippen LogP contribution in [0.1, 0.15) is 0 Å². The minimum absolute atomic E-state index is 0.0620. The quantitative estimate of drug-likeness (QED) is 0.448. The molecule has 60 valence electrons. The van der Waals surface area contributed by atoms with Gasteiger partial charge in [-0.2, -0.15) is 0 Å². The highest BCUT2D eigenvalue weighted by Crippen LogP contribution is 1.90. The summed E-state index contributed by atoms with van der Waals surface area (Å²) in [6.45, 7) is -0.0620. The minimum atomic E-state index is -1.26. The standard InChI is InChI=1S/C5H11NO4/c1-10-2-3(7)4(6)5(8)9/h3-4,7H,2,6H2,1H3,(H,8,9)/t3-,4-/m0/s1. The molecule has 0 rings (SSSR count). The maximum Gasteiger partial charge on any atom is 0.323 e. The summed E-state index contributed by atoms with van der Waals surface area (Å²) in [4.78, 5) is 10.1. The van der Waals surface area contributed by atoms with Crippen molar-refractivity contribution in [3.63, 3.8) is 0 Å². The van der Waals surface area contributed by atoms with Crippen molar-refractivity contribution in [3.8, 4) is 0 Å². The van der Waals surface area contributed by atoms with Crippen LogP contribution in [0, 0.1) is 0 Å². The smallest absolute Gasteiger partial charge is 0.323 e. The van der Waals surface area contributed by atoms with E-state index in [0.717, 1.165) is 0 Å². The summed E-state index contributed by atoms with van der Waals surface area (Å²) in [5, 5.41) is 17.1. The molecule has 0 unspecified atom stereocenters. The number of methoxy groups -OCH3 is 1. The molecule has 0 aliphatic heterocycles. The molecule has 0 aliphatic carbocycles. The van der Waals surface area contributed by atoms with Crippen molar-refractivity contribution >= 4 is 5.97 Å². The molecule has 0 amide bonds. The maximum atomic E-state index is 10.1. The van der Waals surface area contributed by atoms with Crippen LogP contribution >= 0.6 is 0 Å². The number of ether oxygens (including phenoxy) is 1. The SMILES string of the molecule is COC[C@H](O)[C@H](N)C(=O)O. The van der Waals surface area contributed by atoms with Gasteiger partial charge in [-0.3, -0.25) is 4.79 Å². The molecule has 0 aromatic carbocycles. The Balaban J connectivity index is 3.69. The Morgan fingerprint density at radius 2 is 2.30 bits per heavy atom. The summed E-state index contributed by atoms with van der Waals surface area (Å²) in [6.07, 6.45) is -1.14. The molecular weight excluding hydrogens is 138 g/mol. The van der Waals surface area contributed by atoms with Crippen molar-refractivity contribution in [2.24, 2.45) is 5.73 Å². The summed E-state index contributed by atoms with van der Waals surface area (Å²) in [6, 6.07) is -1.26. The van der Waals surface area contributed by atoms with Gasteiger partial charge in [0.2, 0.25) is 0 Å². The van der Waals surface area contributed by atoms with E-state index in [4.69, 9.17) is 15.9 Å². The van der Waals surface area contributed by atoms with Crippen LogP contribution in [0.5, 0.6) is 0 Å². The fourth-order valence-corrected chi connectivity index (χ4v) is 0.439. The van der Waals surface area contributed by atoms with Gasteiger partial charge in [0.25, 0.3) is 0 Å². The van der Waals surface area contributed by atoms with Gasteiger partial charge in [0.15, 0.2) is 0 Å². The Labute approximate surface area is 58.4 Å². The van der Waals surface area contributed by atoms with E-state index in [1.807, 2.05) is 0 Å². The number of aliphatic hydroxyl groups is 1. The van der Waals surface area contributed by atoms with Gasteiger partial charge in [-0.25, -0.2) is 0 Å². The van der Waals surface area contributed by atoms with Gasteiger partial charge in [0.1, 0.15) is 12.1 Å². The Morgan fingerprint density at radius 1 is 1.80 bits per heavy atom. The molecule has 0 aromatic heterocycles. The van der Waals surface area contributed by atoms with Crippen molar-refractivity contribution < 1.29 is 19.7 Å². The number of carboxylic acids is 1. The van der Waals surface area contributed by atoms with Crippen LogP contribution < -0.4 is 5.73 Å².